The Balaban J connectivity index is 1.10. The van der Waals surface area contributed by atoms with Gasteiger partial charge in [0.05, 0.1) is 36.5 Å². The number of rotatable bonds is 8. The molecule has 0 radical (unpaired) electrons. The highest BCUT2D eigenvalue weighted by Gasteiger charge is 2.35. The van der Waals surface area contributed by atoms with E-state index in [-0.39, 0.29) is 5.52 Å². The second-order valence-corrected chi connectivity index (χ2v) is 9.74. The van der Waals surface area contributed by atoms with Crippen LogP contribution in [0.1, 0.15) is 5.82 Å². The molecule has 12 heteroatoms. The minimum Gasteiger partial charge on any atom is -0.497 e. The van der Waals surface area contributed by atoms with E-state index in [0.717, 1.165) is 54.3 Å². The van der Waals surface area contributed by atoms with Crippen LogP contribution in [0.2, 0.25) is 0 Å². The first-order valence-corrected chi connectivity index (χ1v) is 13.2. The molecule has 3 heterocycles. The predicted octanol–water partition coefficient (Wildman–Crippen LogP) is 5.34. The first kappa shape index (κ1) is 26.8. The lowest BCUT2D eigenvalue weighted by Gasteiger charge is -2.36. The maximum Gasteiger partial charge on any atom is 0.449 e. The van der Waals surface area contributed by atoms with E-state index in [9.17, 15) is 13.2 Å². The second-order valence-electron chi connectivity index (χ2n) is 9.74. The minimum atomic E-state index is -4.54. The monoisotopic (exact) mass is 566 g/mol. The van der Waals surface area contributed by atoms with Crippen molar-refractivity contribution in [2.24, 2.45) is 0 Å². The normalized spacial score (nSPS) is 14.6. The molecule has 0 unspecified atom stereocenters. The van der Waals surface area contributed by atoms with Gasteiger partial charge in [-0.1, -0.05) is 12.1 Å². The number of halogens is 3. The molecule has 1 saturated heterocycles. The van der Waals surface area contributed by atoms with E-state index in [1.807, 2.05) is 30.3 Å². The maximum atomic E-state index is 13.1. The molecule has 2 N–H and O–H groups in total. The van der Waals surface area contributed by atoms with Gasteiger partial charge in [0, 0.05) is 38.8 Å². The number of nitrogens with one attached hydrogen (secondary N) is 2. The molecular formula is C29H29F3N6O3. The third-order valence-electron chi connectivity index (χ3n) is 7.28. The number of benzene rings is 3. The van der Waals surface area contributed by atoms with Gasteiger partial charge in [0.1, 0.15) is 40.7 Å². The number of imidazole rings is 2. The third kappa shape index (κ3) is 5.34. The molecule has 6 rings (SSSR count). The highest BCUT2D eigenvalue weighted by Crippen LogP contribution is 2.35. The van der Waals surface area contributed by atoms with E-state index in [0.29, 0.717) is 35.9 Å². The van der Waals surface area contributed by atoms with Crippen LogP contribution in [0, 0.1) is 0 Å². The molecule has 41 heavy (non-hydrogen) atoms. The lowest BCUT2D eigenvalue weighted by atomic mass is 10.2. The molecule has 0 saturated carbocycles. The van der Waals surface area contributed by atoms with Gasteiger partial charge in [-0.15, -0.1) is 0 Å². The summed E-state index contributed by atoms with van der Waals surface area (Å²) in [5.74, 6) is 1.41. The second kappa shape index (κ2) is 10.8. The van der Waals surface area contributed by atoms with Crippen LogP contribution in [0.5, 0.6) is 17.2 Å². The lowest BCUT2D eigenvalue weighted by molar-refractivity contribution is -0.144. The van der Waals surface area contributed by atoms with Crippen molar-refractivity contribution in [2.45, 2.75) is 6.18 Å². The first-order valence-electron chi connectivity index (χ1n) is 13.2. The van der Waals surface area contributed by atoms with Crippen molar-refractivity contribution >= 4 is 27.8 Å². The van der Waals surface area contributed by atoms with E-state index >= 15 is 0 Å². The van der Waals surface area contributed by atoms with Crippen molar-refractivity contribution in [3.05, 3.63) is 60.4 Å². The highest BCUT2D eigenvalue weighted by molar-refractivity contribution is 5.91. The van der Waals surface area contributed by atoms with Crippen LogP contribution < -0.4 is 19.1 Å². The molecule has 0 bridgehead atoms. The fourth-order valence-electron chi connectivity index (χ4n) is 5.15. The number of alkyl halides is 3. The van der Waals surface area contributed by atoms with Crippen LogP contribution in [0.4, 0.5) is 18.9 Å². The van der Waals surface area contributed by atoms with Crippen molar-refractivity contribution in [2.75, 3.05) is 58.5 Å². The molecule has 5 aromatic rings. The van der Waals surface area contributed by atoms with E-state index < -0.39 is 12.0 Å². The molecule has 1 fully saturated rings. The first-order chi connectivity index (χ1) is 19.8. The van der Waals surface area contributed by atoms with E-state index in [4.69, 9.17) is 19.2 Å². The topological polar surface area (TPSA) is 91.5 Å². The summed E-state index contributed by atoms with van der Waals surface area (Å²) in [7, 11) is 3.24. The molecule has 9 nitrogen and oxygen atoms in total. The number of ether oxygens (including phenoxy) is 3. The average Bonchev–Trinajstić information content (AvgIpc) is 3.63. The van der Waals surface area contributed by atoms with Crippen molar-refractivity contribution in [1.82, 2.24) is 24.8 Å². The Morgan fingerprint density at radius 2 is 1.59 bits per heavy atom. The van der Waals surface area contributed by atoms with Crippen LogP contribution >= 0.6 is 0 Å². The van der Waals surface area contributed by atoms with Gasteiger partial charge in [-0.2, -0.15) is 13.2 Å². The summed E-state index contributed by atoms with van der Waals surface area (Å²) < 4.78 is 56.0. The molecule has 214 valence electrons. The van der Waals surface area contributed by atoms with Gasteiger partial charge < -0.3 is 29.1 Å². The third-order valence-corrected chi connectivity index (χ3v) is 7.28. The number of aromatic nitrogens is 4. The smallest absolute Gasteiger partial charge is 0.449 e. The zero-order chi connectivity index (χ0) is 28.6. The van der Waals surface area contributed by atoms with Gasteiger partial charge >= 0.3 is 6.18 Å². The average molecular weight is 567 g/mol. The van der Waals surface area contributed by atoms with E-state index in [2.05, 4.69) is 30.8 Å². The number of fused-ring (bicyclic) bond motifs is 2. The fourth-order valence-corrected chi connectivity index (χ4v) is 5.15. The molecule has 3 aromatic carbocycles. The summed E-state index contributed by atoms with van der Waals surface area (Å²) in [5.41, 5.74) is 4.21. The van der Waals surface area contributed by atoms with Gasteiger partial charge in [-0.25, -0.2) is 9.97 Å². The van der Waals surface area contributed by atoms with Crippen molar-refractivity contribution < 1.29 is 27.4 Å². The van der Waals surface area contributed by atoms with Gasteiger partial charge in [-0.05, 0) is 36.4 Å². The maximum absolute atomic E-state index is 13.1. The number of piperazine rings is 1. The van der Waals surface area contributed by atoms with E-state index in [1.54, 1.807) is 32.4 Å². The highest BCUT2D eigenvalue weighted by atomic mass is 19.4. The van der Waals surface area contributed by atoms with Gasteiger partial charge in [-0.3, -0.25) is 4.90 Å². The number of hydrogen-bond acceptors (Lipinski definition) is 7. The van der Waals surface area contributed by atoms with Crippen LogP contribution in [0.25, 0.3) is 33.5 Å². The number of methoxy groups -OCH3 is 2. The summed E-state index contributed by atoms with van der Waals surface area (Å²) in [4.78, 5) is 19.0. The van der Waals surface area contributed by atoms with Gasteiger partial charge in [0.25, 0.3) is 0 Å². The summed E-state index contributed by atoms with van der Waals surface area (Å²) in [6.07, 6.45) is -4.54. The molecule has 0 amide bonds. The van der Waals surface area contributed by atoms with Crippen LogP contribution in [0.3, 0.4) is 0 Å². The van der Waals surface area contributed by atoms with Crippen LogP contribution in [-0.4, -0.2) is 78.4 Å². The number of hydrogen-bond donors (Lipinski definition) is 2. The summed E-state index contributed by atoms with van der Waals surface area (Å²) in [6.45, 7) is 4.22. The Kier molecular flexibility index (Phi) is 7.08. The molecule has 1 aliphatic rings. The largest absolute Gasteiger partial charge is 0.497 e. The van der Waals surface area contributed by atoms with E-state index in [1.165, 1.54) is 0 Å². The quantitative estimate of drug-likeness (QED) is 0.262. The number of aromatic amines is 2. The Morgan fingerprint density at radius 3 is 2.32 bits per heavy atom. The molecule has 0 aliphatic carbocycles. The zero-order valence-electron chi connectivity index (χ0n) is 22.6. The molecule has 2 aromatic heterocycles. The number of nitrogens with zero attached hydrogens (tertiary/aromatic N) is 4. The zero-order valence-corrected chi connectivity index (χ0v) is 22.6. The van der Waals surface area contributed by atoms with Crippen molar-refractivity contribution in [3.8, 4) is 28.6 Å². The van der Waals surface area contributed by atoms with Crippen LogP contribution in [-0.2, 0) is 6.18 Å². The molecule has 1 aliphatic heterocycles. The standard InChI is InChI=1S/C29H29F3N6O3/c1-39-18-9-10-19(24(17-18)40-2)27-33-20-5-3-7-22(25(20)35-27)38-13-11-37(12-14-38)15-16-41-23-8-4-6-21-26(23)36-28(34-21)29(30,31)32/h3-10,17H,11-16H2,1-2H3,(H,33,35)(H,34,36). The fraction of sp³-hybridized carbons (Fsp3) is 0.310. The lowest BCUT2D eigenvalue weighted by Crippen LogP contribution is -2.47. The van der Waals surface area contributed by atoms with Gasteiger partial charge in [0.15, 0.2) is 0 Å². The predicted molar refractivity (Wildman–Crippen MR) is 150 cm³/mol. The van der Waals surface area contributed by atoms with Gasteiger partial charge in [0.2, 0.25) is 5.82 Å². The Bertz CT molecular complexity index is 1670. The SMILES string of the molecule is COc1ccc(-c2nc3c(N4CCN(CCOc5cccc6[nH]c(C(F)(F)F)nc56)CC4)cccc3[nH]2)c(OC)c1. The summed E-state index contributed by atoms with van der Waals surface area (Å²) in [6, 6.07) is 16.6. The molecule has 0 atom stereocenters. The number of H-pyrrole nitrogens is 2. The molecular weight excluding hydrogens is 537 g/mol. The molecule has 0 spiro atoms. The van der Waals surface area contributed by atoms with Crippen molar-refractivity contribution in [1.29, 1.82) is 0 Å². The van der Waals surface area contributed by atoms with Crippen LogP contribution in [0.15, 0.2) is 54.6 Å². The van der Waals surface area contributed by atoms with Crippen molar-refractivity contribution in [3.63, 3.8) is 0 Å². The Labute approximate surface area is 233 Å². The summed E-state index contributed by atoms with van der Waals surface area (Å²) >= 11 is 0. The number of anilines is 1. The Hall–Kier alpha value is -4.45. The summed E-state index contributed by atoms with van der Waals surface area (Å²) in [5, 5.41) is 0. The number of para-hydroxylation sites is 2. The minimum absolute atomic E-state index is 0.184. The Morgan fingerprint density at radius 1 is 0.829 bits per heavy atom.